The third-order valence-electron chi connectivity index (χ3n) is 6.26. The molecule has 0 bridgehead atoms. The van der Waals surface area contributed by atoms with Gasteiger partial charge in [-0.2, -0.15) is 5.10 Å². The van der Waals surface area contributed by atoms with Crippen molar-refractivity contribution in [1.82, 2.24) is 10.2 Å². The van der Waals surface area contributed by atoms with E-state index in [1.807, 2.05) is 89.2 Å². The van der Waals surface area contributed by atoms with Crippen molar-refractivity contribution in [3.8, 4) is 11.3 Å². The lowest BCUT2D eigenvalue weighted by atomic mass is 10.00. The molecule has 3 N–H and O–H groups in total. The number of nitrogens with zero attached hydrogens (tertiary/aromatic N) is 1. The number of ether oxygens (including phenoxy) is 1. The molecule has 0 saturated heterocycles. The molecule has 2 atom stereocenters. The standard InChI is InChI=1S/C30H31N3O4/c1-17-12-22(18(2)32-24-9-7-6-8-21(24)29(35)37-30(3,4)5)28-23(13-17)26(34)15-27(36-28)19-10-11-20-16-31-33-25(20)14-19/h6-16,18,29,32,35H,1-5H3,(H,31,33). The minimum absolute atomic E-state index is 0.104. The summed E-state index contributed by atoms with van der Waals surface area (Å²) in [6.45, 7) is 9.67. The van der Waals surface area contributed by atoms with Gasteiger partial charge in [-0.25, -0.2) is 0 Å². The molecule has 0 fully saturated rings. The van der Waals surface area contributed by atoms with Crippen LogP contribution in [0.4, 0.5) is 5.69 Å². The number of aliphatic hydroxyl groups excluding tert-OH is 1. The number of para-hydroxylation sites is 1. The van der Waals surface area contributed by atoms with Crippen molar-refractivity contribution in [2.24, 2.45) is 0 Å². The Morgan fingerprint density at radius 1 is 1.05 bits per heavy atom. The molecule has 5 rings (SSSR count). The summed E-state index contributed by atoms with van der Waals surface area (Å²) in [5.74, 6) is 0.487. The van der Waals surface area contributed by atoms with Crippen molar-refractivity contribution in [3.63, 3.8) is 0 Å². The minimum atomic E-state index is -1.09. The molecule has 190 valence electrons. The normalized spacial score (nSPS) is 13.7. The average Bonchev–Trinajstić information content (AvgIpc) is 3.31. The SMILES string of the molecule is Cc1cc(C(C)Nc2ccccc2C(O)OC(C)(C)C)c2oc(-c3ccc4cn[nH]c4c3)cc(=O)c2c1. The van der Waals surface area contributed by atoms with E-state index in [1.54, 1.807) is 6.20 Å². The number of hydrogen-bond acceptors (Lipinski definition) is 6. The summed E-state index contributed by atoms with van der Waals surface area (Å²) in [6.07, 6.45) is 0.665. The summed E-state index contributed by atoms with van der Waals surface area (Å²) >= 11 is 0. The summed E-state index contributed by atoms with van der Waals surface area (Å²) in [5.41, 5.74) is 4.75. The maximum atomic E-state index is 13.2. The predicted octanol–water partition coefficient (Wildman–Crippen LogP) is 6.62. The highest BCUT2D eigenvalue weighted by molar-refractivity contribution is 5.86. The molecule has 2 heterocycles. The van der Waals surface area contributed by atoms with Crippen molar-refractivity contribution in [1.29, 1.82) is 0 Å². The molecule has 0 aliphatic heterocycles. The van der Waals surface area contributed by atoms with Gasteiger partial charge in [0.25, 0.3) is 0 Å². The lowest BCUT2D eigenvalue weighted by molar-refractivity contribution is -0.169. The van der Waals surface area contributed by atoms with Crippen LogP contribution in [0.3, 0.4) is 0 Å². The van der Waals surface area contributed by atoms with Crippen LogP contribution < -0.4 is 10.7 Å². The van der Waals surface area contributed by atoms with Gasteiger partial charge in [0.2, 0.25) is 0 Å². The van der Waals surface area contributed by atoms with E-state index in [4.69, 9.17) is 9.15 Å². The van der Waals surface area contributed by atoms with E-state index in [2.05, 4.69) is 15.5 Å². The molecule has 0 radical (unpaired) electrons. The lowest BCUT2D eigenvalue weighted by Crippen LogP contribution is -2.23. The zero-order valence-corrected chi connectivity index (χ0v) is 21.6. The van der Waals surface area contributed by atoms with Gasteiger partial charge in [-0.1, -0.05) is 36.4 Å². The Labute approximate surface area is 215 Å². The maximum Gasteiger partial charge on any atom is 0.193 e. The number of aliphatic hydroxyl groups is 1. The number of rotatable bonds is 6. The number of H-pyrrole nitrogens is 1. The predicted molar refractivity (Wildman–Crippen MR) is 147 cm³/mol. The van der Waals surface area contributed by atoms with E-state index < -0.39 is 11.9 Å². The second-order valence-corrected chi connectivity index (χ2v) is 10.4. The van der Waals surface area contributed by atoms with Gasteiger partial charge >= 0.3 is 0 Å². The van der Waals surface area contributed by atoms with E-state index in [1.165, 1.54) is 6.07 Å². The number of aryl methyl sites for hydroxylation is 1. The number of nitrogens with one attached hydrogen (secondary N) is 2. The van der Waals surface area contributed by atoms with E-state index in [0.717, 1.165) is 33.3 Å². The third kappa shape index (κ3) is 5.14. The van der Waals surface area contributed by atoms with E-state index >= 15 is 0 Å². The average molecular weight is 498 g/mol. The summed E-state index contributed by atoms with van der Waals surface area (Å²) in [5, 5.41) is 22.8. The largest absolute Gasteiger partial charge is 0.455 e. The van der Waals surface area contributed by atoms with Crippen molar-refractivity contribution >= 4 is 27.6 Å². The highest BCUT2D eigenvalue weighted by atomic mass is 16.6. The topological polar surface area (TPSA) is 100 Å². The first kappa shape index (κ1) is 24.7. The molecule has 37 heavy (non-hydrogen) atoms. The fourth-order valence-corrected chi connectivity index (χ4v) is 4.54. The number of aromatic nitrogens is 2. The highest BCUT2D eigenvalue weighted by Gasteiger charge is 2.22. The fourth-order valence-electron chi connectivity index (χ4n) is 4.54. The molecular weight excluding hydrogens is 466 g/mol. The van der Waals surface area contributed by atoms with Gasteiger partial charge < -0.3 is 19.6 Å². The molecule has 5 aromatic rings. The molecule has 2 unspecified atom stereocenters. The zero-order valence-electron chi connectivity index (χ0n) is 21.6. The molecule has 7 nitrogen and oxygen atoms in total. The zero-order chi connectivity index (χ0) is 26.3. The van der Waals surface area contributed by atoms with E-state index in [-0.39, 0.29) is 11.5 Å². The monoisotopic (exact) mass is 497 g/mol. The Morgan fingerprint density at radius 2 is 1.84 bits per heavy atom. The van der Waals surface area contributed by atoms with E-state index in [9.17, 15) is 9.90 Å². The van der Waals surface area contributed by atoms with Crippen LogP contribution in [-0.2, 0) is 4.74 Å². The first-order valence-electron chi connectivity index (χ1n) is 12.3. The molecule has 0 aliphatic carbocycles. The van der Waals surface area contributed by atoms with Crippen LogP contribution in [0.15, 0.2) is 76.1 Å². The number of aromatic amines is 1. The number of anilines is 1. The molecule has 0 spiro atoms. The first-order chi connectivity index (χ1) is 17.6. The van der Waals surface area contributed by atoms with Gasteiger partial charge in [0.05, 0.1) is 28.7 Å². The Bertz CT molecular complexity index is 1640. The third-order valence-corrected chi connectivity index (χ3v) is 6.26. The quantitative estimate of drug-likeness (QED) is 0.228. The van der Waals surface area contributed by atoms with Gasteiger partial charge in [0, 0.05) is 33.8 Å². The van der Waals surface area contributed by atoms with Crippen LogP contribution in [0, 0.1) is 6.92 Å². The van der Waals surface area contributed by atoms with Crippen LogP contribution >= 0.6 is 0 Å². The Balaban J connectivity index is 1.56. The second kappa shape index (κ2) is 9.50. The summed E-state index contributed by atoms with van der Waals surface area (Å²) < 4.78 is 12.2. The number of hydrogen-bond donors (Lipinski definition) is 3. The maximum absolute atomic E-state index is 13.2. The number of fused-ring (bicyclic) bond motifs is 2. The van der Waals surface area contributed by atoms with Crippen LogP contribution in [0.5, 0.6) is 0 Å². The fraction of sp³-hybridized carbons (Fsp3) is 0.267. The van der Waals surface area contributed by atoms with Crippen molar-refractivity contribution in [2.45, 2.75) is 52.6 Å². The van der Waals surface area contributed by atoms with Crippen molar-refractivity contribution in [3.05, 3.63) is 93.8 Å². The van der Waals surface area contributed by atoms with Gasteiger partial charge in [0.1, 0.15) is 11.3 Å². The van der Waals surface area contributed by atoms with Crippen molar-refractivity contribution < 1.29 is 14.3 Å². The lowest BCUT2D eigenvalue weighted by Gasteiger charge is -2.27. The summed E-state index contributed by atoms with van der Waals surface area (Å²) in [7, 11) is 0. The van der Waals surface area contributed by atoms with Crippen LogP contribution in [0.1, 0.15) is 56.7 Å². The van der Waals surface area contributed by atoms with Crippen molar-refractivity contribution in [2.75, 3.05) is 5.32 Å². The summed E-state index contributed by atoms with van der Waals surface area (Å²) in [4.78, 5) is 13.2. The second-order valence-electron chi connectivity index (χ2n) is 10.4. The molecule has 3 aromatic carbocycles. The minimum Gasteiger partial charge on any atom is -0.455 e. The smallest absolute Gasteiger partial charge is 0.193 e. The summed E-state index contributed by atoms with van der Waals surface area (Å²) in [6, 6.07) is 18.5. The van der Waals surface area contributed by atoms with Gasteiger partial charge in [0.15, 0.2) is 11.7 Å². The van der Waals surface area contributed by atoms with Crippen LogP contribution in [0.25, 0.3) is 33.2 Å². The first-order valence-corrected chi connectivity index (χ1v) is 12.3. The molecule has 0 saturated carbocycles. The molecular formula is C30H31N3O4. The highest BCUT2D eigenvalue weighted by Crippen LogP contribution is 2.34. The molecule has 0 amide bonds. The van der Waals surface area contributed by atoms with Gasteiger partial charge in [-0.05, 0) is 58.4 Å². The number of benzene rings is 3. The molecule has 2 aromatic heterocycles. The van der Waals surface area contributed by atoms with Gasteiger partial charge in [-0.15, -0.1) is 0 Å². The van der Waals surface area contributed by atoms with E-state index in [0.29, 0.717) is 22.3 Å². The van der Waals surface area contributed by atoms with Gasteiger partial charge in [-0.3, -0.25) is 9.89 Å². The molecule has 0 aliphatic rings. The Morgan fingerprint density at radius 3 is 2.62 bits per heavy atom. The van der Waals surface area contributed by atoms with Crippen LogP contribution in [-0.4, -0.2) is 20.9 Å². The Hall–Kier alpha value is -3.94. The molecule has 7 heteroatoms. The Kier molecular flexibility index (Phi) is 6.35. The van der Waals surface area contributed by atoms with Crippen LogP contribution in [0.2, 0.25) is 0 Å².